The Bertz CT molecular complexity index is 197. The van der Waals surface area contributed by atoms with Gasteiger partial charge in [-0.1, -0.05) is 31.8 Å². The van der Waals surface area contributed by atoms with Gasteiger partial charge in [-0.05, 0) is 32.1 Å². The Morgan fingerprint density at radius 3 is 2.56 bits per heavy atom. The molecule has 0 aromatic carbocycles. The van der Waals surface area contributed by atoms with Gasteiger partial charge in [0.05, 0.1) is 5.60 Å². The van der Waals surface area contributed by atoms with E-state index in [0.29, 0.717) is 0 Å². The third kappa shape index (κ3) is 3.60. The second-order valence-electron chi connectivity index (χ2n) is 5.01. The largest absolute Gasteiger partial charge is 0.377 e. The quantitative estimate of drug-likeness (QED) is 0.507. The van der Waals surface area contributed by atoms with Crippen LogP contribution in [0.5, 0.6) is 0 Å². The van der Waals surface area contributed by atoms with Crippen LogP contribution >= 0.6 is 0 Å². The molecule has 16 heavy (non-hydrogen) atoms. The molecule has 1 aliphatic carbocycles. The zero-order valence-corrected chi connectivity index (χ0v) is 10.7. The first-order valence-corrected chi connectivity index (χ1v) is 6.67. The first kappa shape index (κ1) is 13.7. The van der Waals surface area contributed by atoms with Gasteiger partial charge in [0, 0.05) is 13.2 Å². The van der Waals surface area contributed by atoms with E-state index in [9.17, 15) is 0 Å². The fourth-order valence-electron chi connectivity index (χ4n) is 2.79. The third-order valence-electron chi connectivity index (χ3n) is 3.96. The van der Waals surface area contributed by atoms with Crippen LogP contribution in [0.1, 0.15) is 57.8 Å². The summed E-state index contributed by atoms with van der Waals surface area (Å²) in [5.41, 5.74) is 6.29. The lowest BCUT2D eigenvalue weighted by Gasteiger charge is -2.34. The number of allylic oxidation sites excluding steroid dienone is 1. The molecule has 0 heterocycles. The van der Waals surface area contributed by atoms with Crippen molar-refractivity contribution in [2.45, 2.75) is 69.4 Å². The van der Waals surface area contributed by atoms with Crippen LogP contribution in [0, 0.1) is 0 Å². The zero-order valence-electron chi connectivity index (χ0n) is 10.7. The van der Waals surface area contributed by atoms with Crippen LogP contribution in [-0.2, 0) is 4.74 Å². The Labute approximate surface area is 100 Å². The van der Waals surface area contributed by atoms with Gasteiger partial charge in [-0.15, -0.1) is 6.58 Å². The highest BCUT2D eigenvalue weighted by Gasteiger charge is 2.39. The summed E-state index contributed by atoms with van der Waals surface area (Å²) in [5.74, 6) is 0. The summed E-state index contributed by atoms with van der Waals surface area (Å²) >= 11 is 0. The highest BCUT2D eigenvalue weighted by atomic mass is 16.5. The van der Waals surface area contributed by atoms with Gasteiger partial charge >= 0.3 is 0 Å². The molecule has 0 spiro atoms. The number of methoxy groups -OCH3 is 1. The average Bonchev–Trinajstić information content (AvgIpc) is 2.78. The Hall–Kier alpha value is -0.340. The van der Waals surface area contributed by atoms with Crippen molar-refractivity contribution in [3.8, 4) is 0 Å². The predicted molar refractivity (Wildman–Crippen MR) is 69.5 cm³/mol. The average molecular weight is 225 g/mol. The van der Waals surface area contributed by atoms with E-state index in [1.807, 2.05) is 13.2 Å². The lowest BCUT2D eigenvalue weighted by molar-refractivity contribution is -0.0279. The molecule has 0 aromatic rings. The molecule has 0 radical (unpaired) electrons. The van der Waals surface area contributed by atoms with Crippen LogP contribution in [0.15, 0.2) is 12.7 Å². The zero-order chi connectivity index (χ0) is 11.9. The third-order valence-corrected chi connectivity index (χ3v) is 3.96. The Balaban J connectivity index is 2.22. The molecular formula is C14H27NO. The Morgan fingerprint density at radius 1 is 1.31 bits per heavy atom. The fraction of sp³-hybridized carbons (Fsp3) is 0.857. The van der Waals surface area contributed by atoms with E-state index >= 15 is 0 Å². The topological polar surface area (TPSA) is 35.2 Å². The normalized spacial score (nSPS) is 20.9. The van der Waals surface area contributed by atoms with Crippen LogP contribution in [0.4, 0.5) is 0 Å². The highest BCUT2D eigenvalue weighted by molar-refractivity contribution is 4.94. The maximum absolute atomic E-state index is 6.29. The van der Waals surface area contributed by atoms with Gasteiger partial charge in [-0.3, -0.25) is 0 Å². The summed E-state index contributed by atoms with van der Waals surface area (Å²) in [6.07, 6.45) is 12.8. The molecule has 0 aliphatic heterocycles. The number of ether oxygens (including phenoxy) is 1. The molecule has 0 aromatic heterocycles. The fourth-order valence-corrected chi connectivity index (χ4v) is 2.79. The molecular weight excluding hydrogens is 198 g/mol. The van der Waals surface area contributed by atoms with E-state index in [0.717, 1.165) is 25.7 Å². The van der Waals surface area contributed by atoms with Crippen LogP contribution in [0.25, 0.3) is 0 Å². The van der Waals surface area contributed by atoms with Crippen molar-refractivity contribution in [1.29, 1.82) is 0 Å². The van der Waals surface area contributed by atoms with Crippen molar-refractivity contribution in [3.05, 3.63) is 12.7 Å². The maximum atomic E-state index is 6.29. The molecule has 1 atom stereocenters. The summed E-state index contributed by atoms with van der Waals surface area (Å²) in [5, 5.41) is 0. The van der Waals surface area contributed by atoms with Crippen molar-refractivity contribution in [2.75, 3.05) is 7.11 Å². The van der Waals surface area contributed by atoms with Crippen LogP contribution in [-0.4, -0.2) is 18.8 Å². The minimum Gasteiger partial charge on any atom is -0.377 e. The van der Waals surface area contributed by atoms with E-state index in [2.05, 4.69) is 6.58 Å². The number of nitrogens with two attached hydrogens (primary N) is 1. The van der Waals surface area contributed by atoms with E-state index < -0.39 is 0 Å². The van der Waals surface area contributed by atoms with Crippen molar-refractivity contribution in [3.63, 3.8) is 0 Å². The van der Waals surface area contributed by atoms with Crippen molar-refractivity contribution in [2.24, 2.45) is 5.73 Å². The van der Waals surface area contributed by atoms with E-state index in [1.54, 1.807) is 0 Å². The summed E-state index contributed by atoms with van der Waals surface area (Å²) < 4.78 is 5.70. The monoisotopic (exact) mass is 225 g/mol. The number of hydrogen-bond donors (Lipinski definition) is 1. The highest BCUT2D eigenvalue weighted by Crippen LogP contribution is 2.36. The van der Waals surface area contributed by atoms with Crippen LogP contribution in [0.2, 0.25) is 0 Å². The molecule has 1 fully saturated rings. The van der Waals surface area contributed by atoms with E-state index in [1.165, 1.54) is 32.1 Å². The molecule has 2 nitrogen and oxygen atoms in total. The molecule has 1 aliphatic rings. The number of hydrogen-bond acceptors (Lipinski definition) is 2. The second kappa shape index (κ2) is 7.08. The van der Waals surface area contributed by atoms with Gasteiger partial charge in [0.2, 0.25) is 0 Å². The van der Waals surface area contributed by atoms with Crippen LogP contribution in [0.3, 0.4) is 0 Å². The van der Waals surface area contributed by atoms with Gasteiger partial charge < -0.3 is 10.5 Å². The minimum atomic E-state index is -0.00155. The van der Waals surface area contributed by atoms with Gasteiger partial charge in [-0.2, -0.15) is 0 Å². The second-order valence-corrected chi connectivity index (χ2v) is 5.01. The predicted octanol–water partition coefficient (Wildman–Crippen LogP) is 3.41. The van der Waals surface area contributed by atoms with E-state index in [-0.39, 0.29) is 11.6 Å². The maximum Gasteiger partial charge on any atom is 0.0828 e. The molecule has 0 bridgehead atoms. The van der Waals surface area contributed by atoms with Gasteiger partial charge in [0.25, 0.3) is 0 Å². The summed E-state index contributed by atoms with van der Waals surface area (Å²) in [4.78, 5) is 0. The summed E-state index contributed by atoms with van der Waals surface area (Å²) in [7, 11) is 1.82. The standard InChI is InChI=1S/C14H27NO/c1-3-4-5-6-7-10-13(15)14(16-2)11-8-9-12-14/h3,13H,1,4-12,15H2,2H3. The van der Waals surface area contributed by atoms with Crippen molar-refractivity contribution < 1.29 is 4.74 Å². The first-order valence-electron chi connectivity index (χ1n) is 6.67. The van der Waals surface area contributed by atoms with E-state index in [4.69, 9.17) is 10.5 Å². The van der Waals surface area contributed by atoms with Crippen LogP contribution < -0.4 is 5.73 Å². The van der Waals surface area contributed by atoms with Crippen molar-refractivity contribution >= 4 is 0 Å². The van der Waals surface area contributed by atoms with Crippen molar-refractivity contribution in [1.82, 2.24) is 0 Å². The minimum absolute atomic E-state index is 0.00155. The molecule has 2 heteroatoms. The van der Waals surface area contributed by atoms with Gasteiger partial charge in [0.1, 0.15) is 0 Å². The molecule has 94 valence electrons. The smallest absolute Gasteiger partial charge is 0.0828 e. The Kier molecular flexibility index (Phi) is 6.07. The SMILES string of the molecule is C=CCCCCCC(N)C1(OC)CCCC1. The Morgan fingerprint density at radius 2 is 2.00 bits per heavy atom. The molecule has 1 unspecified atom stereocenters. The van der Waals surface area contributed by atoms with Gasteiger partial charge in [-0.25, -0.2) is 0 Å². The molecule has 1 saturated carbocycles. The summed E-state index contributed by atoms with van der Waals surface area (Å²) in [6.45, 7) is 3.74. The molecule has 2 N–H and O–H groups in total. The summed E-state index contributed by atoms with van der Waals surface area (Å²) in [6, 6.07) is 0.226. The molecule has 0 saturated heterocycles. The molecule has 1 rings (SSSR count). The number of unbranched alkanes of at least 4 members (excludes halogenated alkanes) is 3. The number of rotatable bonds is 8. The first-order chi connectivity index (χ1) is 7.75. The lowest BCUT2D eigenvalue weighted by atomic mass is 9.89. The lowest BCUT2D eigenvalue weighted by Crippen LogP contribution is -2.47. The van der Waals surface area contributed by atoms with Gasteiger partial charge in [0.15, 0.2) is 0 Å². The molecule has 0 amide bonds.